The van der Waals surface area contributed by atoms with Gasteiger partial charge in [0, 0.05) is 17.4 Å². The van der Waals surface area contributed by atoms with Gasteiger partial charge in [-0.3, -0.25) is 14.7 Å². The molecule has 1 atom stereocenters. The molecule has 2 heterocycles. The minimum atomic E-state index is -0.536. The molecule has 7 nitrogen and oxygen atoms in total. The fourth-order valence-corrected chi connectivity index (χ4v) is 3.39. The van der Waals surface area contributed by atoms with Crippen LogP contribution in [0.2, 0.25) is 0 Å². The Bertz CT molecular complexity index is 1170. The molecule has 7 heteroatoms. The monoisotopic (exact) mass is 403 g/mol. The molecule has 0 saturated heterocycles. The molecule has 3 aromatic rings. The molecular weight excluding hydrogens is 378 g/mol. The van der Waals surface area contributed by atoms with Crippen molar-refractivity contribution in [3.05, 3.63) is 81.3 Å². The first-order valence-electron chi connectivity index (χ1n) is 9.96. The van der Waals surface area contributed by atoms with E-state index >= 15 is 0 Å². The molecule has 1 aliphatic heterocycles. The van der Waals surface area contributed by atoms with Crippen molar-refractivity contribution < 1.29 is 4.74 Å². The summed E-state index contributed by atoms with van der Waals surface area (Å²) in [4.78, 5) is 22.1. The second-order valence-electron chi connectivity index (χ2n) is 7.33. The number of aromatic nitrogens is 2. The summed E-state index contributed by atoms with van der Waals surface area (Å²) in [6, 6.07) is 15.3. The number of aliphatic imine (C=N–C) groups is 1. The van der Waals surface area contributed by atoms with Crippen molar-refractivity contribution in [3.63, 3.8) is 0 Å². The molecule has 154 valence electrons. The third-order valence-electron chi connectivity index (χ3n) is 5.07. The van der Waals surface area contributed by atoms with Gasteiger partial charge in [0.15, 0.2) is 6.17 Å². The van der Waals surface area contributed by atoms with Gasteiger partial charge < -0.3 is 10.1 Å². The van der Waals surface area contributed by atoms with E-state index in [1.165, 1.54) is 17.2 Å². The van der Waals surface area contributed by atoms with Crippen molar-refractivity contribution in [2.45, 2.75) is 33.9 Å². The van der Waals surface area contributed by atoms with Crippen molar-refractivity contribution in [2.75, 3.05) is 17.2 Å². The third kappa shape index (κ3) is 3.91. The summed E-state index contributed by atoms with van der Waals surface area (Å²) < 4.78 is 7.10. The first kappa shape index (κ1) is 19.7. The molecule has 1 aliphatic rings. The van der Waals surface area contributed by atoms with E-state index in [2.05, 4.69) is 41.6 Å². The first-order chi connectivity index (χ1) is 14.4. The number of guanidine groups is 1. The van der Waals surface area contributed by atoms with E-state index in [-0.39, 0.29) is 5.56 Å². The Morgan fingerprint density at radius 2 is 1.83 bits per heavy atom. The Morgan fingerprint density at radius 3 is 2.53 bits per heavy atom. The lowest BCUT2D eigenvalue weighted by molar-refractivity contribution is 0.340. The van der Waals surface area contributed by atoms with E-state index < -0.39 is 6.17 Å². The Balaban J connectivity index is 1.75. The van der Waals surface area contributed by atoms with Gasteiger partial charge in [-0.1, -0.05) is 18.2 Å². The number of anilines is 2. The van der Waals surface area contributed by atoms with E-state index in [0.717, 1.165) is 17.0 Å². The van der Waals surface area contributed by atoms with Crippen LogP contribution >= 0.6 is 0 Å². The Hall–Kier alpha value is -3.61. The van der Waals surface area contributed by atoms with Crippen LogP contribution in [0.1, 0.15) is 35.5 Å². The summed E-state index contributed by atoms with van der Waals surface area (Å²) in [6.45, 7) is 8.49. The lowest BCUT2D eigenvalue weighted by Crippen LogP contribution is -2.37. The largest absolute Gasteiger partial charge is 0.494 e. The van der Waals surface area contributed by atoms with Crippen molar-refractivity contribution in [1.29, 1.82) is 0 Å². The molecule has 0 saturated carbocycles. The zero-order valence-corrected chi connectivity index (χ0v) is 17.6. The van der Waals surface area contributed by atoms with Crippen LogP contribution in [0.15, 0.2) is 58.3 Å². The molecule has 0 radical (unpaired) electrons. The van der Waals surface area contributed by atoms with Crippen LogP contribution < -0.4 is 20.9 Å². The molecule has 0 aliphatic carbocycles. The average Bonchev–Trinajstić information content (AvgIpc) is 2.70. The minimum Gasteiger partial charge on any atom is -0.494 e. The minimum absolute atomic E-state index is 0.155. The molecule has 4 rings (SSSR count). The molecular formula is C23H25N5O2. The van der Waals surface area contributed by atoms with Gasteiger partial charge in [0.05, 0.1) is 6.61 Å². The van der Waals surface area contributed by atoms with Gasteiger partial charge in [-0.2, -0.15) is 0 Å². The molecule has 2 N–H and O–H groups in total. The van der Waals surface area contributed by atoms with Gasteiger partial charge in [-0.25, -0.2) is 9.98 Å². The second kappa shape index (κ2) is 8.02. The molecule has 30 heavy (non-hydrogen) atoms. The number of aryl methyl sites for hydroxylation is 3. The van der Waals surface area contributed by atoms with Crippen molar-refractivity contribution in [3.8, 4) is 5.75 Å². The number of nitrogens with zero attached hydrogens (tertiary/aromatic N) is 3. The molecule has 0 spiro atoms. The number of hydrogen-bond acceptors (Lipinski definition) is 6. The fourth-order valence-electron chi connectivity index (χ4n) is 3.39. The maximum atomic E-state index is 12.8. The van der Waals surface area contributed by atoms with Gasteiger partial charge in [0.2, 0.25) is 11.9 Å². The Labute approximate surface area is 175 Å². The van der Waals surface area contributed by atoms with Crippen LogP contribution in [0.3, 0.4) is 0 Å². The van der Waals surface area contributed by atoms with E-state index in [9.17, 15) is 4.79 Å². The number of rotatable bonds is 4. The van der Waals surface area contributed by atoms with Crippen LogP contribution in [-0.4, -0.2) is 22.1 Å². The van der Waals surface area contributed by atoms with Crippen LogP contribution in [0.25, 0.3) is 0 Å². The molecule has 0 unspecified atom stereocenters. The van der Waals surface area contributed by atoms with Crippen molar-refractivity contribution in [1.82, 2.24) is 9.55 Å². The highest BCUT2D eigenvalue weighted by atomic mass is 16.5. The summed E-state index contributed by atoms with van der Waals surface area (Å²) in [5.41, 5.74) is 4.69. The second-order valence-corrected chi connectivity index (χ2v) is 7.33. The SMILES string of the molecule is CCOc1ccc([C@@H]2N=C(Nc3ccc(C)c(C)c3)Nc3nc(C)cc(=O)n32)cc1. The first-order valence-corrected chi connectivity index (χ1v) is 9.96. The highest BCUT2D eigenvalue weighted by Crippen LogP contribution is 2.27. The standard InChI is InChI=1S/C23H25N5O2/c1-5-30-19-10-7-17(8-11-19)21-26-22(25-18-9-6-14(2)15(3)12-18)27-23-24-16(4)13-20(29)28(21)23/h6-13,21H,5H2,1-4H3,(H2,24,25,26,27)/t21-/m1/s1. The Morgan fingerprint density at radius 1 is 1.07 bits per heavy atom. The van der Waals surface area contributed by atoms with Gasteiger partial charge in [0.1, 0.15) is 5.75 Å². The van der Waals surface area contributed by atoms with Gasteiger partial charge in [0.25, 0.3) is 5.56 Å². The number of ether oxygens (including phenoxy) is 1. The average molecular weight is 403 g/mol. The topological polar surface area (TPSA) is 80.5 Å². The number of benzene rings is 2. The third-order valence-corrected chi connectivity index (χ3v) is 5.07. The van der Waals surface area contributed by atoms with Gasteiger partial charge >= 0.3 is 0 Å². The van der Waals surface area contributed by atoms with Crippen molar-refractivity contribution >= 4 is 17.6 Å². The van der Waals surface area contributed by atoms with Crippen LogP contribution in [0, 0.1) is 20.8 Å². The quantitative estimate of drug-likeness (QED) is 0.688. The zero-order valence-electron chi connectivity index (χ0n) is 17.6. The lowest BCUT2D eigenvalue weighted by atomic mass is 10.1. The van der Waals surface area contributed by atoms with E-state index in [1.54, 1.807) is 11.5 Å². The summed E-state index contributed by atoms with van der Waals surface area (Å²) in [7, 11) is 0. The maximum absolute atomic E-state index is 12.8. The van der Waals surface area contributed by atoms with E-state index in [4.69, 9.17) is 9.73 Å². The Kier molecular flexibility index (Phi) is 5.27. The van der Waals surface area contributed by atoms with E-state index in [0.29, 0.717) is 24.2 Å². The lowest BCUT2D eigenvalue weighted by Gasteiger charge is -2.27. The van der Waals surface area contributed by atoms with E-state index in [1.807, 2.05) is 37.3 Å². The molecule has 0 amide bonds. The normalized spacial score (nSPS) is 15.1. The van der Waals surface area contributed by atoms with Crippen LogP contribution in [0.5, 0.6) is 5.75 Å². The van der Waals surface area contributed by atoms with Crippen molar-refractivity contribution in [2.24, 2.45) is 4.99 Å². The summed E-state index contributed by atoms with van der Waals surface area (Å²) in [5, 5.41) is 6.48. The molecule has 0 bridgehead atoms. The summed E-state index contributed by atoms with van der Waals surface area (Å²) >= 11 is 0. The maximum Gasteiger partial charge on any atom is 0.257 e. The van der Waals surface area contributed by atoms with Gasteiger partial charge in [-0.05, 0) is 68.7 Å². The predicted molar refractivity (Wildman–Crippen MR) is 120 cm³/mol. The predicted octanol–water partition coefficient (Wildman–Crippen LogP) is 4.01. The highest BCUT2D eigenvalue weighted by Gasteiger charge is 2.25. The number of fused-ring (bicyclic) bond motifs is 1. The molecule has 1 aromatic heterocycles. The molecule has 2 aromatic carbocycles. The summed E-state index contributed by atoms with van der Waals surface area (Å²) in [5.74, 6) is 1.78. The number of hydrogen-bond donors (Lipinski definition) is 2. The van der Waals surface area contributed by atoms with Crippen LogP contribution in [0.4, 0.5) is 11.6 Å². The summed E-state index contributed by atoms with van der Waals surface area (Å²) in [6.07, 6.45) is -0.536. The number of nitrogens with one attached hydrogen (secondary N) is 2. The fraction of sp³-hybridized carbons (Fsp3) is 0.261. The zero-order chi connectivity index (χ0) is 21.3. The van der Waals surface area contributed by atoms with Gasteiger partial charge in [-0.15, -0.1) is 0 Å². The molecule has 0 fully saturated rings. The van der Waals surface area contributed by atoms with Crippen LogP contribution in [-0.2, 0) is 0 Å². The smallest absolute Gasteiger partial charge is 0.257 e. The highest BCUT2D eigenvalue weighted by molar-refractivity contribution is 6.03.